The van der Waals surface area contributed by atoms with E-state index in [1.165, 1.54) is 24.4 Å². The van der Waals surface area contributed by atoms with E-state index >= 15 is 0 Å². The summed E-state index contributed by atoms with van der Waals surface area (Å²) in [5.41, 5.74) is 0.852. The van der Waals surface area contributed by atoms with Crippen LogP contribution in [0.1, 0.15) is 25.3 Å². The van der Waals surface area contributed by atoms with Crippen LogP contribution in [-0.2, 0) is 14.9 Å². The summed E-state index contributed by atoms with van der Waals surface area (Å²) in [7, 11) is -3.99. The fraction of sp³-hybridized carbons (Fsp3) is 0.333. The summed E-state index contributed by atoms with van der Waals surface area (Å²) in [6, 6.07) is 7.58. The van der Waals surface area contributed by atoms with Crippen molar-refractivity contribution in [3.63, 3.8) is 0 Å². The molecule has 0 fully saturated rings. The number of rotatable bonds is 7. The van der Waals surface area contributed by atoms with Gasteiger partial charge in [0.05, 0.1) is 10.3 Å². The normalized spacial score (nSPS) is 12.4. The van der Waals surface area contributed by atoms with Crippen molar-refractivity contribution in [2.75, 3.05) is 11.6 Å². The minimum atomic E-state index is -4.92. The zero-order valence-corrected chi connectivity index (χ0v) is 16.5. The molecule has 156 valence electrons. The van der Waals surface area contributed by atoms with Gasteiger partial charge in [-0.25, -0.2) is 27.4 Å². The van der Waals surface area contributed by atoms with Crippen LogP contribution >= 0.6 is 0 Å². The van der Waals surface area contributed by atoms with Crippen molar-refractivity contribution in [1.82, 2.24) is 13.9 Å². The molecule has 0 aliphatic heterocycles. The van der Waals surface area contributed by atoms with Gasteiger partial charge in [-0.05, 0) is 31.5 Å². The SMILES string of the molecule is CCCCN(OC(F)(F)F)c1ncnc2c1ccn2S(=O)(=O)c1ccc(C)cc1. The number of hydrogen-bond donors (Lipinski definition) is 0. The lowest BCUT2D eigenvalue weighted by molar-refractivity contribution is -0.330. The molecule has 3 rings (SSSR count). The Morgan fingerprint density at radius 2 is 1.83 bits per heavy atom. The van der Waals surface area contributed by atoms with Crippen molar-refractivity contribution < 1.29 is 26.4 Å². The molecule has 0 atom stereocenters. The Morgan fingerprint density at radius 3 is 2.45 bits per heavy atom. The first-order valence-electron chi connectivity index (χ1n) is 8.81. The van der Waals surface area contributed by atoms with Gasteiger partial charge in [0.1, 0.15) is 6.33 Å². The van der Waals surface area contributed by atoms with E-state index in [0.29, 0.717) is 17.9 Å². The molecule has 0 unspecified atom stereocenters. The molecule has 7 nitrogen and oxygen atoms in total. The number of aryl methyl sites for hydroxylation is 1. The Kier molecular flexibility index (Phi) is 5.80. The monoisotopic (exact) mass is 428 g/mol. The van der Waals surface area contributed by atoms with Crippen LogP contribution in [0.25, 0.3) is 11.0 Å². The van der Waals surface area contributed by atoms with E-state index in [1.807, 2.05) is 13.8 Å². The molecule has 11 heteroatoms. The number of fused-ring (bicyclic) bond motifs is 1. The van der Waals surface area contributed by atoms with Gasteiger partial charge in [0, 0.05) is 12.7 Å². The molecule has 2 heterocycles. The average molecular weight is 428 g/mol. The predicted molar refractivity (Wildman–Crippen MR) is 101 cm³/mol. The lowest BCUT2D eigenvalue weighted by Crippen LogP contribution is -2.33. The van der Waals surface area contributed by atoms with Gasteiger partial charge in [0.2, 0.25) is 0 Å². The molecule has 0 amide bonds. The fourth-order valence-corrected chi connectivity index (χ4v) is 4.05. The van der Waals surface area contributed by atoms with Crippen LogP contribution in [0.3, 0.4) is 0 Å². The number of anilines is 1. The molecule has 0 aliphatic carbocycles. The minimum absolute atomic E-state index is 0.0372. The molecule has 3 aromatic rings. The van der Waals surface area contributed by atoms with Crippen molar-refractivity contribution in [1.29, 1.82) is 0 Å². The molecule has 0 spiro atoms. The molecule has 0 N–H and O–H groups in total. The maximum Gasteiger partial charge on any atom is 0.544 e. The summed E-state index contributed by atoms with van der Waals surface area (Å²) in [4.78, 5) is 12.0. The van der Waals surface area contributed by atoms with Crippen molar-refractivity contribution in [3.8, 4) is 0 Å². The molecule has 0 radical (unpaired) electrons. The maximum absolute atomic E-state index is 13.0. The van der Waals surface area contributed by atoms with Crippen LogP contribution in [0.15, 0.2) is 47.8 Å². The second-order valence-electron chi connectivity index (χ2n) is 6.36. The van der Waals surface area contributed by atoms with Crippen LogP contribution in [0, 0.1) is 6.92 Å². The lowest BCUT2D eigenvalue weighted by Gasteiger charge is -2.23. The minimum Gasteiger partial charge on any atom is -0.226 e. The number of nitrogens with zero attached hydrogens (tertiary/aromatic N) is 4. The Morgan fingerprint density at radius 1 is 1.14 bits per heavy atom. The Labute approximate surface area is 165 Å². The van der Waals surface area contributed by atoms with Gasteiger partial charge >= 0.3 is 6.36 Å². The van der Waals surface area contributed by atoms with Gasteiger partial charge in [0.25, 0.3) is 10.0 Å². The Balaban J connectivity index is 2.09. The summed E-state index contributed by atoms with van der Waals surface area (Å²) < 4.78 is 65.5. The first kappa shape index (κ1) is 21.1. The van der Waals surface area contributed by atoms with Gasteiger partial charge in [-0.3, -0.25) is 0 Å². The fourth-order valence-electron chi connectivity index (χ4n) is 2.75. The first-order chi connectivity index (χ1) is 13.6. The summed E-state index contributed by atoms with van der Waals surface area (Å²) in [5, 5.41) is 0.750. The lowest BCUT2D eigenvalue weighted by atomic mass is 10.2. The van der Waals surface area contributed by atoms with Crippen molar-refractivity contribution in [2.24, 2.45) is 0 Å². The van der Waals surface area contributed by atoms with E-state index < -0.39 is 16.4 Å². The first-order valence-corrected chi connectivity index (χ1v) is 10.2. The molecule has 0 saturated carbocycles. The molecule has 1 aromatic carbocycles. The summed E-state index contributed by atoms with van der Waals surface area (Å²) in [5.74, 6) is -0.154. The second-order valence-corrected chi connectivity index (χ2v) is 8.17. The van der Waals surface area contributed by atoms with E-state index in [2.05, 4.69) is 14.8 Å². The van der Waals surface area contributed by atoms with Gasteiger partial charge in [-0.15, -0.1) is 13.2 Å². The van der Waals surface area contributed by atoms with Gasteiger partial charge < -0.3 is 0 Å². The third-order valence-electron chi connectivity index (χ3n) is 4.17. The van der Waals surface area contributed by atoms with E-state index in [-0.39, 0.29) is 28.3 Å². The highest BCUT2D eigenvalue weighted by molar-refractivity contribution is 7.90. The van der Waals surface area contributed by atoms with Crippen LogP contribution in [0.4, 0.5) is 19.0 Å². The van der Waals surface area contributed by atoms with Crippen LogP contribution in [0.2, 0.25) is 0 Å². The van der Waals surface area contributed by atoms with Gasteiger partial charge in [-0.1, -0.05) is 31.0 Å². The smallest absolute Gasteiger partial charge is 0.226 e. The number of hydroxylamine groups is 1. The highest BCUT2D eigenvalue weighted by atomic mass is 32.2. The van der Waals surface area contributed by atoms with Gasteiger partial charge in [0.15, 0.2) is 11.5 Å². The molecular formula is C18H19F3N4O3S. The van der Waals surface area contributed by atoms with E-state index in [9.17, 15) is 21.6 Å². The third kappa shape index (κ3) is 4.51. The molecule has 0 aliphatic rings. The largest absolute Gasteiger partial charge is 0.544 e. The standard InChI is InChI=1S/C18H19F3N4O3S/c1-3-4-10-24(28-18(19,20)21)16-15-9-11-25(17(15)23-12-22-16)29(26,27)14-7-5-13(2)6-8-14/h5-9,11-12H,3-4,10H2,1-2H3. The summed E-state index contributed by atoms with van der Waals surface area (Å²) >= 11 is 0. The quantitative estimate of drug-likeness (QED) is 0.529. The summed E-state index contributed by atoms with van der Waals surface area (Å²) in [6.07, 6.45) is -1.61. The van der Waals surface area contributed by atoms with Crippen LogP contribution in [-0.4, -0.2) is 35.3 Å². The second kappa shape index (κ2) is 7.99. The number of halogens is 3. The highest BCUT2D eigenvalue weighted by Crippen LogP contribution is 2.30. The van der Waals surface area contributed by atoms with Gasteiger partial charge in [-0.2, -0.15) is 4.84 Å². The molecule has 29 heavy (non-hydrogen) atoms. The average Bonchev–Trinajstić information content (AvgIpc) is 3.09. The predicted octanol–water partition coefficient (Wildman–Crippen LogP) is 4.03. The number of benzene rings is 1. The zero-order valence-electron chi connectivity index (χ0n) is 15.7. The summed E-state index contributed by atoms with van der Waals surface area (Å²) in [6.45, 7) is 3.58. The van der Waals surface area contributed by atoms with Crippen molar-refractivity contribution in [3.05, 3.63) is 48.4 Å². The van der Waals surface area contributed by atoms with Crippen LogP contribution in [0.5, 0.6) is 0 Å². The molecular weight excluding hydrogens is 409 g/mol. The van der Waals surface area contributed by atoms with Crippen molar-refractivity contribution in [2.45, 2.75) is 37.9 Å². The third-order valence-corrected chi connectivity index (χ3v) is 5.85. The highest BCUT2D eigenvalue weighted by Gasteiger charge is 2.35. The molecule has 0 bridgehead atoms. The Hall–Kier alpha value is -2.66. The van der Waals surface area contributed by atoms with E-state index in [4.69, 9.17) is 0 Å². The van der Waals surface area contributed by atoms with E-state index in [0.717, 1.165) is 15.9 Å². The molecule has 2 aromatic heterocycles. The number of hydrogen-bond acceptors (Lipinski definition) is 6. The number of unbranched alkanes of at least 4 members (excludes halogenated alkanes) is 1. The number of aromatic nitrogens is 3. The van der Waals surface area contributed by atoms with E-state index in [1.54, 1.807) is 12.1 Å². The van der Waals surface area contributed by atoms with Crippen LogP contribution < -0.4 is 5.06 Å². The maximum atomic E-state index is 13.0. The zero-order chi connectivity index (χ0) is 21.2. The van der Waals surface area contributed by atoms with Crippen molar-refractivity contribution >= 4 is 26.9 Å². The topological polar surface area (TPSA) is 77.3 Å². The Bertz CT molecular complexity index is 1100. The molecule has 0 saturated heterocycles. The number of alkyl halides is 3.